The van der Waals surface area contributed by atoms with E-state index < -0.39 is 11.7 Å². The van der Waals surface area contributed by atoms with Gasteiger partial charge in [0.25, 0.3) is 0 Å². The Morgan fingerprint density at radius 1 is 1.03 bits per heavy atom. The second-order valence-corrected chi connectivity index (χ2v) is 9.58. The molecule has 0 saturated carbocycles. The van der Waals surface area contributed by atoms with Gasteiger partial charge in [-0.3, -0.25) is 14.4 Å². The highest BCUT2D eigenvalue weighted by atomic mass is 16.6. The van der Waals surface area contributed by atoms with Crippen LogP contribution in [0.1, 0.15) is 39.2 Å². The first-order chi connectivity index (χ1) is 15.6. The van der Waals surface area contributed by atoms with Crippen molar-refractivity contribution in [3.8, 4) is 0 Å². The van der Waals surface area contributed by atoms with Crippen LogP contribution in [0.25, 0.3) is 0 Å². The first-order valence-electron chi connectivity index (χ1n) is 11.5. The summed E-state index contributed by atoms with van der Waals surface area (Å²) in [6.45, 7) is 7.94. The molecule has 2 saturated heterocycles. The van der Waals surface area contributed by atoms with Gasteiger partial charge in [0, 0.05) is 45.7 Å². The molecule has 2 aliphatic rings. The second kappa shape index (κ2) is 10.7. The van der Waals surface area contributed by atoms with E-state index in [2.05, 4.69) is 5.32 Å². The van der Waals surface area contributed by atoms with Crippen molar-refractivity contribution in [1.82, 2.24) is 20.0 Å². The van der Waals surface area contributed by atoms with Crippen LogP contribution >= 0.6 is 0 Å². The van der Waals surface area contributed by atoms with Crippen molar-refractivity contribution < 1.29 is 23.9 Å². The number of nitrogens with one attached hydrogen (secondary N) is 1. The molecule has 2 fully saturated rings. The summed E-state index contributed by atoms with van der Waals surface area (Å²) in [4.78, 5) is 55.0. The summed E-state index contributed by atoms with van der Waals surface area (Å²) in [7, 11) is 0. The number of benzene rings is 1. The number of hydrogen-bond donors (Lipinski definition) is 1. The van der Waals surface area contributed by atoms with Gasteiger partial charge in [-0.2, -0.15) is 0 Å². The first kappa shape index (κ1) is 24.5. The Hall–Kier alpha value is -3.10. The fourth-order valence-corrected chi connectivity index (χ4v) is 4.11. The molecule has 9 nitrogen and oxygen atoms in total. The van der Waals surface area contributed by atoms with Crippen LogP contribution in [0.5, 0.6) is 0 Å². The van der Waals surface area contributed by atoms with Crippen LogP contribution in [-0.4, -0.2) is 83.4 Å². The number of likely N-dealkylation sites (tertiary alicyclic amines) is 1. The molecule has 2 aliphatic heterocycles. The van der Waals surface area contributed by atoms with E-state index >= 15 is 0 Å². The highest BCUT2D eigenvalue weighted by Crippen LogP contribution is 2.23. The Bertz CT molecular complexity index is 867. The number of alkyl carbamates (subject to hydrolysis) is 1. The highest BCUT2D eigenvalue weighted by Gasteiger charge is 2.37. The lowest BCUT2D eigenvalue weighted by Crippen LogP contribution is -2.44. The molecule has 33 heavy (non-hydrogen) atoms. The second-order valence-electron chi connectivity index (χ2n) is 9.58. The van der Waals surface area contributed by atoms with Gasteiger partial charge < -0.3 is 24.8 Å². The number of ether oxygens (including phenoxy) is 1. The van der Waals surface area contributed by atoms with Crippen LogP contribution in [0.4, 0.5) is 4.79 Å². The average Bonchev–Trinajstić information content (AvgIpc) is 2.96. The molecule has 2 heterocycles. The third-order valence-electron chi connectivity index (χ3n) is 5.72. The average molecular weight is 459 g/mol. The normalized spacial score (nSPS) is 19.3. The van der Waals surface area contributed by atoms with Gasteiger partial charge in [-0.05, 0) is 32.8 Å². The Balaban J connectivity index is 1.47. The molecule has 9 heteroatoms. The molecule has 1 N–H and O–H groups in total. The van der Waals surface area contributed by atoms with E-state index in [-0.39, 0.29) is 36.6 Å². The van der Waals surface area contributed by atoms with Gasteiger partial charge >= 0.3 is 6.09 Å². The maximum absolute atomic E-state index is 13.1. The Labute approximate surface area is 195 Å². The van der Waals surface area contributed by atoms with E-state index in [1.54, 1.807) is 35.5 Å². The maximum Gasteiger partial charge on any atom is 0.408 e. The van der Waals surface area contributed by atoms with Crippen LogP contribution in [0.15, 0.2) is 30.3 Å². The van der Waals surface area contributed by atoms with Crippen LogP contribution < -0.4 is 5.32 Å². The summed E-state index contributed by atoms with van der Waals surface area (Å²) < 4.78 is 5.16. The van der Waals surface area contributed by atoms with E-state index in [0.717, 1.165) is 5.56 Å². The van der Waals surface area contributed by atoms with Crippen LogP contribution in [0.3, 0.4) is 0 Å². The lowest BCUT2D eigenvalue weighted by molar-refractivity contribution is -0.136. The molecule has 0 aliphatic carbocycles. The number of rotatable bonds is 5. The summed E-state index contributed by atoms with van der Waals surface area (Å²) >= 11 is 0. The van der Waals surface area contributed by atoms with Crippen LogP contribution in [0, 0.1) is 5.92 Å². The predicted molar refractivity (Wildman–Crippen MR) is 122 cm³/mol. The predicted octanol–water partition coefficient (Wildman–Crippen LogP) is 1.62. The van der Waals surface area contributed by atoms with E-state index in [0.29, 0.717) is 45.7 Å². The maximum atomic E-state index is 13.1. The third kappa shape index (κ3) is 7.20. The van der Waals surface area contributed by atoms with E-state index in [1.807, 2.05) is 30.3 Å². The Morgan fingerprint density at radius 2 is 1.70 bits per heavy atom. The molecule has 0 aromatic heterocycles. The number of nitrogens with zero attached hydrogens (tertiary/aromatic N) is 3. The van der Waals surface area contributed by atoms with Gasteiger partial charge in [0.1, 0.15) is 12.1 Å². The van der Waals surface area contributed by atoms with Gasteiger partial charge in [-0.15, -0.1) is 0 Å². The summed E-state index contributed by atoms with van der Waals surface area (Å²) in [6.07, 6.45) is 0.247. The van der Waals surface area contributed by atoms with E-state index in [9.17, 15) is 19.2 Å². The molecule has 4 amide bonds. The number of carbonyl (C=O) groups is 4. The van der Waals surface area contributed by atoms with Gasteiger partial charge in [-0.25, -0.2) is 4.79 Å². The molecule has 1 aromatic carbocycles. The summed E-state index contributed by atoms with van der Waals surface area (Å²) in [5.41, 5.74) is 0.414. The fourth-order valence-electron chi connectivity index (χ4n) is 4.11. The molecule has 1 unspecified atom stereocenters. The topological polar surface area (TPSA) is 99.3 Å². The summed E-state index contributed by atoms with van der Waals surface area (Å²) in [5.74, 6) is -0.588. The molecule has 0 bridgehead atoms. The molecule has 1 aromatic rings. The van der Waals surface area contributed by atoms with E-state index in [4.69, 9.17) is 4.74 Å². The first-order valence-corrected chi connectivity index (χ1v) is 11.5. The largest absolute Gasteiger partial charge is 0.444 e. The minimum Gasteiger partial charge on any atom is -0.444 e. The zero-order chi connectivity index (χ0) is 24.0. The SMILES string of the molecule is CC(C)(C)OC(=O)NCC(=O)N1CCCN(C(=O)C2CC(=O)N(Cc3ccccc3)C2)CC1. The van der Waals surface area contributed by atoms with Crippen molar-refractivity contribution in [2.75, 3.05) is 39.3 Å². The minimum absolute atomic E-state index is 0.00273. The van der Waals surface area contributed by atoms with Crippen molar-refractivity contribution in [1.29, 1.82) is 0 Å². The third-order valence-corrected chi connectivity index (χ3v) is 5.72. The molecular weight excluding hydrogens is 424 g/mol. The standard InChI is InChI=1S/C24H34N4O5/c1-24(2,3)33-23(32)25-15-21(30)26-10-7-11-27(13-12-26)22(31)19-14-20(29)28(17-19)16-18-8-5-4-6-9-18/h4-6,8-9,19H,7,10-17H2,1-3H3,(H,25,32). The summed E-state index contributed by atoms with van der Waals surface area (Å²) in [6, 6.07) is 9.75. The zero-order valence-electron chi connectivity index (χ0n) is 19.7. The van der Waals surface area contributed by atoms with Gasteiger partial charge in [0.05, 0.1) is 5.92 Å². The Kier molecular flexibility index (Phi) is 7.94. The lowest BCUT2D eigenvalue weighted by Gasteiger charge is -2.25. The van der Waals surface area contributed by atoms with Crippen molar-refractivity contribution in [3.05, 3.63) is 35.9 Å². The molecular formula is C24H34N4O5. The highest BCUT2D eigenvalue weighted by molar-refractivity contribution is 5.89. The lowest BCUT2D eigenvalue weighted by atomic mass is 10.1. The fraction of sp³-hybridized carbons (Fsp3) is 0.583. The molecule has 180 valence electrons. The molecule has 1 atom stereocenters. The molecule has 3 rings (SSSR count). The van der Waals surface area contributed by atoms with Gasteiger partial charge in [-0.1, -0.05) is 30.3 Å². The number of carbonyl (C=O) groups excluding carboxylic acids is 4. The zero-order valence-corrected chi connectivity index (χ0v) is 19.7. The number of hydrogen-bond acceptors (Lipinski definition) is 5. The van der Waals surface area contributed by atoms with Crippen molar-refractivity contribution >= 4 is 23.8 Å². The monoisotopic (exact) mass is 458 g/mol. The summed E-state index contributed by atoms with van der Waals surface area (Å²) in [5, 5.41) is 2.49. The van der Waals surface area contributed by atoms with Crippen molar-refractivity contribution in [3.63, 3.8) is 0 Å². The quantitative estimate of drug-likeness (QED) is 0.723. The number of amides is 4. The van der Waals surface area contributed by atoms with E-state index in [1.165, 1.54) is 0 Å². The van der Waals surface area contributed by atoms with Gasteiger partial charge in [0.15, 0.2) is 0 Å². The van der Waals surface area contributed by atoms with Crippen LogP contribution in [0.2, 0.25) is 0 Å². The smallest absolute Gasteiger partial charge is 0.408 e. The Morgan fingerprint density at radius 3 is 2.39 bits per heavy atom. The molecule has 0 spiro atoms. The minimum atomic E-state index is -0.631. The van der Waals surface area contributed by atoms with Crippen LogP contribution in [-0.2, 0) is 25.7 Å². The van der Waals surface area contributed by atoms with Crippen molar-refractivity contribution in [2.45, 2.75) is 45.8 Å². The van der Waals surface area contributed by atoms with Crippen molar-refractivity contribution in [2.24, 2.45) is 5.92 Å². The van der Waals surface area contributed by atoms with Gasteiger partial charge in [0.2, 0.25) is 17.7 Å². The molecule has 0 radical (unpaired) electrons.